The van der Waals surface area contributed by atoms with Crippen molar-refractivity contribution in [2.24, 2.45) is 0 Å². The van der Waals surface area contributed by atoms with Gasteiger partial charge >= 0.3 is 5.91 Å². The first-order valence-corrected chi connectivity index (χ1v) is 16.4. The molecule has 2 heterocycles. The number of aromatic nitrogens is 1. The summed E-state index contributed by atoms with van der Waals surface area (Å²) in [5, 5.41) is 11.8. The van der Waals surface area contributed by atoms with Crippen LogP contribution in [0.4, 0.5) is 5.13 Å². The van der Waals surface area contributed by atoms with E-state index in [1.54, 1.807) is 49.4 Å². The number of anilines is 1. The molecule has 0 saturated carbocycles. The number of aliphatic hydroxyl groups is 1. The number of thiazole rings is 1. The maximum Gasteiger partial charge on any atom is 0.301 e. The summed E-state index contributed by atoms with van der Waals surface area (Å²) in [7, 11) is 1.50. The Morgan fingerprint density at radius 2 is 1.57 bits per heavy atom. The fraction of sp³-hybridized carbons (Fsp3) is 0.179. The molecule has 4 aromatic carbocycles. The van der Waals surface area contributed by atoms with Crippen molar-refractivity contribution < 1.29 is 33.7 Å². The Balaban J connectivity index is 1.38. The van der Waals surface area contributed by atoms with Crippen molar-refractivity contribution in [3.8, 4) is 17.2 Å². The number of aryl methyl sites for hydroxylation is 2. The number of carbonyl (C=O) groups is 3. The zero-order chi connectivity index (χ0) is 34.7. The van der Waals surface area contributed by atoms with Gasteiger partial charge in [0.1, 0.15) is 24.7 Å². The van der Waals surface area contributed by atoms with Crippen LogP contribution in [0.1, 0.15) is 56.1 Å². The first kappa shape index (κ1) is 33.2. The Kier molecular flexibility index (Phi) is 9.59. The summed E-state index contributed by atoms with van der Waals surface area (Å²) < 4.78 is 17.7. The maximum absolute atomic E-state index is 13.8. The molecule has 6 rings (SSSR count). The van der Waals surface area contributed by atoms with Crippen LogP contribution in [0.2, 0.25) is 0 Å². The van der Waals surface area contributed by atoms with E-state index < -0.39 is 17.7 Å². The average molecular weight is 675 g/mol. The Labute approximate surface area is 288 Å². The molecule has 0 spiro atoms. The van der Waals surface area contributed by atoms with E-state index in [1.165, 1.54) is 18.9 Å². The van der Waals surface area contributed by atoms with Gasteiger partial charge in [0.15, 0.2) is 22.4 Å². The van der Waals surface area contributed by atoms with E-state index in [2.05, 4.69) is 4.98 Å². The predicted octanol–water partition coefficient (Wildman–Crippen LogP) is 7.76. The average Bonchev–Trinajstić information content (AvgIpc) is 3.62. The van der Waals surface area contributed by atoms with Crippen LogP contribution in [-0.4, -0.2) is 34.7 Å². The van der Waals surface area contributed by atoms with Crippen LogP contribution in [-0.2, 0) is 22.8 Å². The van der Waals surface area contributed by atoms with E-state index in [0.29, 0.717) is 52.2 Å². The van der Waals surface area contributed by atoms with Gasteiger partial charge in [0.05, 0.1) is 29.3 Å². The van der Waals surface area contributed by atoms with Crippen LogP contribution in [0.15, 0.2) is 103 Å². The van der Waals surface area contributed by atoms with Gasteiger partial charge in [-0.05, 0) is 66.9 Å². The molecule has 0 radical (unpaired) electrons. The number of benzene rings is 4. The molecule has 248 valence electrons. The third-order valence-corrected chi connectivity index (χ3v) is 9.37. The summed E-state index contributed by atoms with van der Waals surface area (Å²) in [5.74, 6) is -0.938. The minimum Gasteiger partial charge on any atom is -0.507 e. The number of ether oxygens (including phenoxy) is 3. The number of aliphatic hydroxyl groups excluding tert-OH is 1. The zero-order valence-corrected chi connectivity index (χ0v) is 28.2. The van der Waals surface area contributed by atoms with Crippen molar-refractivity contribution in [3.63, 3.8) is 0 Å². The Hall–Kier alpha value is -5.74. The van der Waals surface area contributed by atoms with Gasteiger partial charge in [-0.15, -0.1) is 0 Å². The van der Waals surface area contributed by atoms with Crippen LogP contribution in [0, 0.1) is 13.8 Å². The quantitative estimate of drug-likeness (QED) is 0.0655. The Morgan fingerprint density at radius 1 is 0.857 bits per heavy atom. The molecule has 1 aliphatic heterocycles. The molecule has 0 bridgehead atoms. The summed E-state index contributed by atoms with van der Waals surface area (Å²) in [4.78, 5) is 45.9. The lowest BCUT2D eigenvalue weighted by Crippen LogP contribution is -2.29. The number of Topliss-reactive ketones (excluding diaryl/α,β-unsaturated/α-hetero) is 2. The van der Waals surface area contributed by atoms with Crippen molar-refractivity contribution in [1.29, 1.82) is 0 Å². The molecule has 1 amide bonds. The van der Waals surface area contributed by atoms with Crippen LogP contribution >= 0.6 is 11.3 Å². The van der Waals surface area contributed by atoms with Crippen molar-refractivity contribution in [2.45, 2.75) is 40.0 Å². The molecular formula is C39H34N2O7S. The summed E-state index contributed by atoms with van der Waals surface area (Å²) in [5.41, 5.74) is 4.22. The number of carbonyl (C=O) groups excluding carboxylic acids is 3. The van der Waals surface area contributed by atoms with Crippen LogP contribution in [0.3, 0.4) is 0 Å². The monoisotopic (exact) mass is 674 g/mol. The van der Waals surface area contributed by atoms with E-state index >= 15 is 0 Å². The number of rotatable bonds is 11. The lowest BCUT2D eigenvalue weighted by atomic mass is 9.95. The second kappa shape index (κ2) is 14.2. The van der Waals surface area contributed by atoms with E-state index in [9.17, 15) is 19.5 Å². The van der Waals surface area contributed by atoms with E-state index in [4.69, 9.17) is 14.2 Å². The highest BCUT2D eigenvalue weighted by atomic mass is 32.1. The van der Waals surface area contributed by atoms with Gasteiger partial charge in [-0.1, -0.05) is 77.6 Å². The molecule has 1 unspecified atom stereocenters. The smallest absolute Gasteiger partial charge is 0.301 e. The van der Waals surface area contributed by atoms with Gasteiger partial charge in [0.2, 0.25) is 0 Å². The van der Waals surface area contributed by atoms with Gasteiger partial charge < -0.3 is 19.3 Å². The molecule has 0 aliphatic carbocycles. The van der Waals surface area contributed by atoms with Gasteiger partial charge in [0.25, 0.3) is 5.78 Å². The molecule has 9 nitrogen and oxygen atoms in total. The number of ketones is 2. The number of hydrogen-bond donors (Lipinski definition) is 1. The first-order valence-electron chi connectivity index (χ1n) is 15.6. The molecule has 10 heteroatoms. The van der Waals surface area contributed by atoms with Crippen LogP contribution in [0.5, 0.6) is 17.2 Å². The fourth-order valence-corrected chi connectivity index (χ4v) is 6.69. The molecule has 1 aliphatic rings. The maximum atomic E-state index is 13.8. The Bertz CT molecular complexity index is 2070. The van der Waals surface area contributed by atoms with Crippen molar-refractivity contribution in [1.82, 2.24) is 4.98 Å². The van der Waals surface area contributed by atoms with Crippen molar-refractivity contribution >= 4 is 39.7 Å². The lowest BCUT2D eigenvalue weighted by Gasteiger charge is -2.24. The van der Waals surface area contributed by atoms with E-state index in [0.717, 1.165) is 28.0 Å². The zero-order valence-electron chi connectivity index (χ0n) is 27.4. The molecule has 1 saturated heterocycles. The summed E-state index contributed by atoms with van der Waals surface area (Å²) >= 11 is 1.02. The highest BCUT2D eigenvalue weighted by molar-refractivity contribution is 7.18. The normalized spacial score (nSPS) is 15.3. The third kappa shape index (κ3) is 6.95. The van der Waals surface area contributed by atoms with Gasteiger partial charge in [-0.3, -0.25) is 19.3 Å². The highest BCUT2D eigenvalue weighted by Crippen LogP contribution is 2.45. The molecule has 5 aromatic rings. The largest absolute Gasteiger partial charge is 0.507 e. The lowest BCUT2D eigenvalue weighted by molar-refractivity contribution is -0.132. The standard InChI is InChI=1S/C39H34N2O7S/c1-23-9-8-12-27(19-23)22-47-30-16-13-28(14-17-30)35(43)33-34(41(38(45)36(33)44)39-40-24(2)37(49-39)25(3)42)29-15-18-31(32(20-29)46-4)48-21-26-10-6-5-7-11-26/h5-20,34,43H,21-22H2,1-4H3/b35-33+. The molecular weight excluding hydrogens is 641 g/mol. The number of nitrogens with zero attached hydrogens (tertiary/aromatic N) is 2. The minimum absolute atomic E-state index is 0.129. The fourth-order valence-electron chi connectivity index (χ4n) is 5.70. The molecule has 1 N–H and O–H groups in total. The second-order valence-electron chi connectivity index (χ2n) is 11.6. The summed E-state index contributed by atoms with van der Waals surface area (Å²) in [6.07, 6.45) is 0. The molecule has 1 atom stereocenters. The summed E-state index contributed by atoms with van der Waals surface area (Å²) in [6, 6.07) is 28.3. The number of hydrogen-bond acceptors (Lipinski definition) is 9. The molecule has 1 fully saturated rings. The third-order valence-electron chi connectivity index (χ3n) is 8.11. The van der Waals surface area contributed by atoms with Gasteiger partial charge in [-0.2, -0.15) is 0 Å². The predicted molar refractivity (Wildman–Crippen MR) is 187 cm³/mol. The molecule has 49 heavy (non-hydrogen) atoms. The highest BCUT2D eigenvalue weighted by Gasteiger charge is 2.48. The van der Waals surface area contributed by atoms with Gasteiger partial charge in [0, 0.05) is 12.5 Å². The SMILES string of the molecule is COc1cc(C2/C(=C(\O)c3ccc(OCc4cccc(C)c4)cc3)C(=O)C(=O)N2c2nc(C)c(C(C)=O)s2)ccc1OCc1ccccc1. The minimum atomic E-state index is -1.08. The van der Waals surface area contributed by atoms with E-state index in [1.807, 2.05) is 61.5 Å². The Morgan fingerprint density at radius 3 is 2.24 bits per heavy atom. The van der Waals surface area contributed by atoms with Crippen LogP contribution < -0.4 is 19.1 Å². The van der Waals surface area contributed by atoms with Gasteiger partial charge in [-0.25, -0.2) is 4.98 Å². The topological polar surface area (TPSA) is 115 Å². The first-order chi connectivity index (χ1) is 23.6. The van der Waals surface area contributed by atoms with Crippen molar-refractivity contribution in [3.05, 3.63) is 141 Å². The van der Waals surface area contributed by atoms with E-state index in [-0.39, 0.29) is 22.2 Å². The number of methoxy groups -OCH3 is 1. The number of amides is 1. The molecule has 1 aromatic heterocycles. The van der Waals surface area contributed by atoms with Crippen molar-refractivity contribution in [2.75, 3.05) is 12.0 Å². The van der Waals surface area contributed by atoms with Crippen LogP contribution in [0.25, 0.3) is 5.76 Å². The summed E-state index contributed by atoms with van der Waals surface area (Å²) in [6.45, 7) is 5.77. The second-order valence-corrected chi connectivity index (χ2v) is 12.6.